The first-order chi connectivity index (χ1) is 13.1. The van der Waals surface area contributed by atoms with Gasteiger partial charge in [-0.05, 0) is 49.4 Å². The molecule has 0 spiro atoms. The number of rotatable bonds is 3. The third-order valence-corrected chi connectivity index (χ3v) is 5.12. The van der Waals surface area contributed by atoms with Crippen molar-refractivity contribution in [2.24, 2.45) is 0 Å². The molecule has 1 saturated heterocycles. The van der Waals surface area contributed by atoms with E-state index in [1.807, 2.05) is 42.2 Å². The van der Waals surface area contributed by atoms with Crippen LogP contribution in [0, 0.1) is 6.92 Å². The van der Waals surface area contributed by atoms with E-state index in [1.54, 1.807) is 19.2 Å². The number of carbonyl (C=O) groups excluding carboxylic acids is 1. The average Bonchev–Trinajstić information content (AvgIpc) is 3.04. The molecule has 140 valence electrons. The number of benzene rings is 2. The summed E-state index contributed by atoms with van der Waals surface area (Å²) < 4.78 is 11.1. The van der Waals surface area contributed by atoms with E-state index in [1.165, 1.54) is 0 Å². The maximum Gasteiger partial charge on any atom is 0.290 e. The Hall–Kier alpha value is -3.15. The van der Waals surface area contributed by atoms with Crippen LogP contribution in [0.25, 0.3) is 11.0 Å². The van der Waals surface area contributed by atoms with Crippen molar-refractivity contribution in [3.8, 4) is 11.5 Å². The van der Waals surface area contributed by atoms with Gasteiger partial charge in [-0.1, -0.05) is 0 Å². The van der Waals surface area contributed by atoms with E-state index in [9.17, 15) is 9.90 Å². The van der Waals surface area contributed by atoms with Crippen LogP contribution in [-0.2, 0) is 0 Å². The quantitative estimate of drug-likeness (QED) is 0.769. The van der Waals surface area contributed by atoms with E-state index in [4.69, 9.17) is 9.15 Å². The first kappa shape index (κ1) is 17.3. The standard InChI is InChI=1S/C21H22N2O4/c1-14-18-13-17(26-2)7-8-19(18)27-20(14)21(25)23-11-9-22(10-12-23)15-3-5-16(24)6-4-15/h3-8,13,24H,9-12H2,1-2H3. The number of hydrogen-bond acceptors (Lipinski definition) is 5. The number of piperazine rings is 1. The molecule has 1 fully saturated rings. The van der Waals surface area contributed by atoms with E-state index in [0.29, 0.717) is 24.4 Å². The molecule has 1 aromatic heterocycles. The summed E-state index contributed by atoms with van der Waals surface area (Å²) in [4.78, 5) is 17.0. The number of methoxy groups -OCH3 is 1. The molecule has 1 aliphatic heterocycles. The van der Waals surface area contributed by atoms with Crippen LogP contribution in [0.15, 0.2) is 46.9 Å². The minimum Gasteiger partial charge on any atom is -0.508 e. The van der Waals surface area contributed by atoms with Gasteiger partial charge in [0, 0.05) is 42.8 Å². The van der Waals surface area contributed by atoms with Crippen LogP contribution in [0.3, 0.4) is 0 Å². The number of fused-ring (bicyclic) bond motifs is 1. The summed E-state index contributed by atoms with van der Waals surface area (Å²) in [5, 5.41) is 10.3. The zero-order valence-electron chi connectivity index (χ0n) is 15.4. The minimum absolute atomic E-state index is 0.0759. The number of furan rings is 1. The van der Waals surface area contributed by atoms with Gasteiger partial charge in [0.05, 0.1) is 7.11 Å². The molecular weight excluding hydrogens is 344 g/mol. The van der Waals surface area contributed by atoms with Crippen molar-refractivity contribution in [1.29, 1.82) is 0 Å². The lowest BCUT2D eigenvalue weighted by Crippen LogP contribution is -2.48. The Bertz CT molecular complexity index is 970. The van der Waals surface area contributed by atoms with Crippen LogP contribution < -0.4 is 9.64 Å². The van der Waals surface area contributed by atoms with Gasteiger partial charge in [-0.3, -0.25) is 4.79 Å². The van der Waals surface area contributed by atoms with Crippen molar-refractivity contribution >= 4 is 22.6 Å². The van der Waals surface area contributed by atoms with Crippen molar-refractivity contribution in [2.45, 2.75) is 6.92 Å². The summed E-state index contributed by atoms with van der Waals surface area (Å²) in [7, 11) is 1.62. The molecule has 27 heavy (non-hydrogen) atoms. The molecule has 0 saturated carbocycles. The second kappa shape index (κ2) is 6.87. The lowest BCUT2D eigenvalue weighted by Gasteiger charge is -2.35. The fourth-order valence-electron chi connectivity index (χ4n) is 3.51. The molecule has 0 aliphatic carbocycles. The largest absolute Gasteiger partial charge is 0.508 e. The molecular formula is C21H22N2O4. The number of aryl methyl sites for hydroxylation is 1. The maximum absolute atomic E-state index is 13.0. The Morgan fingerprint density at radius 1 is 1.07 bits per heavy atom. The van der Waals surface area contributed by atoms with Gasteiger partial charge in [0.1, 0.15) is 17.1 Å². The van der Waals surface area contributed by atoms with Gasteiger partial charge in [0.15, 0.2) is 5.76 Å². The second-order valence-corrected chi connectivity index (χ2v) is 6.71. The third-order valence-electron chi connectivity index (χ3n) is 5.12. The minimum atomic E-state index is -0.0759. The third kappa shape index (κ3) is 3.18. The summed E-state index contributed by atoms with van der Waals surface area (Å²) in [6.45, 7) is 4.64. The van der Waals surface area contributed by atoms with Crippen molar-refractivity contribution in [3.05, 3.63) is 53.8 Å². The molecule has 0 atom stereocenters. The number of amides is 1. The molecule has 3 aromatic rings. The molecule has 2 heterocycles. The summed E-state index contributed by atoms with van der Waals surface area (Å²) in [5.41, 5.74) is 2.58. The summed E-state index contributed by atoms with van der Waals surface area (Å²) in [6.07, 6.45) is 0. The number of anilines is 1. The van der Waals surface area contributed by atoms with Crippen molar-refractivity contribution in [3.63, 3.8) is 0 Å². The van der Waals surface area contributed by atoms with Crippen molar-refractivity contribution < 1.29 is 19.1 Å². The molecule has 6 nitrogen and oxygen atoms in total. The van der Waals surface area contributed by atoms with E-state index in [2.05, 4.69) is 4.90 Å². The van der Waals surface area contributed by atoms with Crippen LogP contribution in [0.2, 0.25) is 0 Å². The van der Waals surface area contributed by atoms with E-state index in [-0.39, 0.29) is 11.7 Å². The zero-order chi connectivity index (χ0) is 19.0. The highest BCUT2D eigenvalue weighted by Gasteiger charge is 2.27. The van der Waals surface area contributed by atoms with Crippen molar-refractivity contribution in [2.75, 3.05) is 38.2 Å². The fraction of sp³-hybridized carbons (Fsp3) is 0.286. The fourth-order valence-corrected chi connectivity index (χ4v) is 3.51. The number of phenols is 1. The van der Waals surface area contributed by atoms with Gasteiger partial charge in [-0.2, -0.15) is 0 Å². The van der Waals surface area contributed by atoms with Crippen LogP contribution in [-0.4, -0.2) is 49.2 Å². The molecule has 1 N–H and O–H groups in total. The van der Waals surface area contributed by atoms with Gasteiger partial charge in [0.25, 0.3) is 5.91 Å². The Morgan fingerprint density at radius 3 is 2.44 bits per heavy atom. The first-order valence-corrected chi connectivity index (χ1v) is 8.97. The molecule has 0 unspecified atom stereocenters. The monoisotopic (exact) mass is 366 g/mol. The molecule has 4 rings (SSSR count). The second-order valence-electron chi connectivity index (χ2n) is 6.71. The molecule has 0 radical (unpaired) electrons. The Kier molecular flexibility index (Phi) is 4.39. The van der Waals surface area contributed by atoms with Gasteiger partial charge in [-0.25, -0.2) is 0 Å². The van der Waals surface area contributed by atoms with Crippen LogP contribution >= 0.6 is 0 Å². The smallest absolute Gasteiger partial charge is 0.290 e. The SMILES string of the molecule is COc1ccc2oc(C(=O)N3CCN(c4ccc(O)cc4)CC3)c(C)c2c1. The van der Waals surface area contributed by atoms with Gasteiger partial charge in [0.2, 0.25) is 0 Å². The number of aromatic hydroxyl groups is 1. The topological polar surface area (TPSA) is 66.2 Å². The number of carbonyl (C=O) groups is 1. The summed E-state index contributed by atoms with van der Waals surface area (Å²) in [5.74, 6) is 1.32. The number of hydrogen-bond donors (Lipinski definition) is 1. The van der Waals surface area contributed by atoms with E-state index < -0.39 is 0 Å². The normalized spacial score (nSPS) is 14.6. The summed E-state index contributed by atoms with van der Waals surface area (Å²) in [6, 6.07) is 12.7. The van der Waals surface area contributed by atoms with Crippen LogP contribution in [0.4, 0.5) is 5.69 Å². The lowest BCUT2D eigenvalue weighted by molar-refractivity contribution is 0.0716. The van der Waals surface area contributed by atoms with E-state index >= 15 is 0 Å². The predicted molar refractivity (Wildman–Crippen MR) is 104 cm³/mol. The Morgan fingerprint density at radius 2 is 1.78 bits per heavy atom. The highest BCUT2D eigenvalue weighted by atomic mass is 16.5. The van der Waals surface area contributed by atoms with Crippen LogP contribution in [0.5, 0.6) is 11.5 Å². The summed E-state index contributed by atoms with van der Waals surface area (Å²) >= 11 is 0. The highest BCUT2D eigenvalue weighted by Crippen LogP contribution is 2.30. The Labute approximate surface area is 157 Å². The van der Waals surface area contributed by atoms with Gasteiger partial charge >= 0.3 is 0 Å². The highest BCUT2D eigenvalue weighted by molar-refractivity contribution is 5.99. The first-order valence-electron chi connectivity index (χ1n) is 8.97. The van der Waals surface area contributed by atoms with E-state index in [0.717, 1.165) is 35.5 Å². The number of phenolic OH excluding ortho intramolecular Hbond substituents is 1. The maximum atomic E-state index is 13.0. The molecule has 6 heteroatoms. The molecule has 2 aromatic carbocycles. The molecule has 1 amide bonds. The number of ether oxygens (including phenoxy) is 1. The van der Waals surface area contributed by atoms with Crippen LogP contribution in [0.1, 0.15) is 16.1 Å². The molecule has 1 aliphatic rings. The van der Waals surface area contributed by atoms with Gasteiger partial charge in [-0.15, -0.1) is 0 Å². The average molecular weight is 366 g/mol. The predicted octanol–water partition coefficient (Wildman–Crippen LogP) is 3.42. The van der Waals surface area contributed by atoms with Crippen molar-refractivity contribution in [1.82, 2.24) is 4.90 Å². The van der Waals surface area contributed by atoms with Gasteiger partial charge < -0.3 is 24.1 Å². The number of nitrogens with zero attached hydrogens (tertiary/aromatic N) is 2. The molecule has 0 bridgehead atoms. The lowest BCUT2D eigenvalue weighted by atomic mass is 10.1. The Balaban J connectivity index is 1.50. The zero-order valence-corrected chi connectivity index (χ0v) is 15.4.